The van der Waals surface area contributed by atoms with Crippen LogP contribution in [0.25, 0.3) is 0 Å². The number of urea groups is 1. The quantitative estimate of drug-likeness (QED) is 0.336. The second-order valence-electron chi connectivity index (χ2n) is 12.8. The fourth-order valence-corrected chi connectivity index (χ4v) is 9.50. The number of aldehydes is 1. The lowest BCUT2D eigenvalue weighted by atomic mass is 9.81. The minimum absolute atomic E-state index is 0.0491. The van der Waals surface area contributed by atoms with Gasteiger partial charge in [0.15, 0.2) is 5.66 Å². The van der Waals surface area contributed by atoms with E-state index in [1.165, 1.54) is 0 Å². The Bertz CT molecular complexity index is 1390. The second kappa shape index (κ2) is 13.1. The Morgan fingerprint density at radius 3 is 2.52 bits per heavy atom. The molecule has 0 bridgehead atoms. The van der Waals surface area contributed by atoms with E-state index in [0.717, 1.165) is 71.1 Å². The van der Waals surface area contributed by atoms with Gasteiger partial charge in [0.25, 0.3) is 6.09 Å². The van der Waals surface area contributed by atoms with Gasteiger partial charge < -0.3 is 29.8 Å². The Morgan fingerprint density at radius 2 is 1.84 bits per heavy atom. The summed E-state index contributed by atoms with van der Waals surface area (Å²) in [6.07, 6.45) is 2.46. The number of halogens is 2. The third-order valence-corrected chi connectivity index (χ3v) is 13.2. The SMILES string of the molecule is CN1CCN(C2CCN(C3(CC=O)CC(N4Cc5cscc5NC4=O)CC[N@+]3(Cc3ccc(Br)c(Br)c3)C(=O)[O-])CC2)CC1. The van der Waals surface area contributed by atoms with Crippen molar-refractivity contribution in [3.8, 4) is 0 Å². The predicted molar refractivity (Wildman–Crippen MR) is 175 cm³/mol. The summed E-state index contributed by atoms with van der Waals surface area (Å²) in [5, 5.41) is 20.6. The Hall–Kier alpha value is -1.87. The molecule has 0 aliphatic carbocycles. The van der Waals surface area contributed by atoms with Crippen LogP contribution in [0.3, 0.4) is 0 Å². The zero-order chi connectivity index (χ0) is 31.1. The topological polar surface area (TPSA) is 99.3 Å². The molecule has 3 amide bonds. The third kappa shape index (κ3) is 5.89. The van der Waals surface area contributed by atoms with E-state index in [2.05, 4.69) is 64.3 Å². The summed E-state index contributed by atoms with van der Waals surface area (Å²) in [5.41, 5.74) is 1.70. The highest BCUT2D eigenvalue weighted by atomic mass is 79.9. The standard InChI is InChI=1S/C31H40Br2N6O4S/c1-35-10-12-36(13-11-35)24-4-8-37(9-5-24)31(7-15-40)17-25(38-18-23-20-44-21-28(23)34-29(38)41)6-14-39(31,30(42)43)19-22-2-3-26(32)27(33)16-22/h2-3,15-16,20-21,24-25H,4-14,17-19H2,1H3,(H-,34,41,42,43)/t25?,31?,39-/m0/s1. The maximum Gasteiger partial charge on any atom is 0.322 e. The number of hydrogen-bond acceptors (Lipinski definition) is 8. The van der Waals surface area contributed by atoms with Gasteiger partial charge in [-0.3, -0.25) is 14.3 Å². The number of thiophene rings is 1. The molecule has 4 aliphatic heterocycles. The number of likely N-dealkylation sites (N-methyl/N-ethyl adjacent to an activating group) is 1. The molecule has 4 aliphatic rings. The minimum atomic E-state index is -1.17. The largest absolute Gasteiger partial charge is 0.498 e. The highest BCUT2D eigenvalue weighted by Gasteiger charge is 2.61. The third-order valence-electron chi connectivity index (χ3n) is 10.5. The van der Waals surface area contributed by atoms with Crippen molar-refractivity contribution in [1.82, 2.24) is 19.6 Å². The van der Waals surface area contributed by atoms with Gasteiger partial charge in [0.1, 0.15) is 12.8 Å². The number of piperazine rings is 1. The van der Waals surface area contributed by atoms with E-state index in [-0.39, 0.29) is 36.1 Å². The van der Waals surface area contributed by atoms with Crippen molar-refractivity contribution < 1.29 is 24.0 Å². The molecule has 1 aromatic heterocycles. The van der Waals surface area contributed by atoms with Crippen LogP contribution in [0.4, 0.5) is 15.3 Å². The lowest BCUT2D eigenvalue weighted by molar-refractivity contribution is -0.956. The number of likely N-dealkylation sites (tertiary alicyclic amines) is 2. The number of hydrogen-bond donors (Lipinski definition) is 1. The molecule has 13 heteroatoms. The van der Waals surface area contributed by atoms with Crippen LogP contribution >= 0.6 is 43.2 Å². The summed E-state index contributed by atoms with van der Waals surface area (Å²) in [6.45, 7) is 6.47. The number of nitrogens with zero attached hydrogens (tertiary/aromatic N) is 5. The van der Waals surface area contributed by atoms with Crippen molar-refractivity contribution in [1.29, 1.82) is 0 Å². The molecule has 3 saturated heterocycles. The summed E-state index contributed by atoms with van der Waals surface area (Å²) < 4.78 is 1.36. The molecule has 0 saturated carbocycles. The normalized spacial score (nSPS) is 29.3. The number of nitrogens with one attached hydrogen (secondary N) is 1. The Kier molecular flexibility index (Phi) is 9.55. The number of anilines is 1. The molecular formula is C31H40Br2N6O4S. The Morgan fingerprint density at radius 1 is 1.09 bits per heavy atom. The number of rotatable bonds is 7. The van der Waals surface area contributed by atoms with E-state index in [0.29, 0.717) is 38.5 Å². The van der Waals surface area contributed by atoms with Crippen molar-refractivity contribution in [2.45, 2.75) is 62.9 Å². The monoisotopic (exact) mass is 750 g/mol. The first kappa shape index (κ1) is 32.1. The van der Waals surface area contributed by atoms with Crippen molar-refractivity contribution in [2.24, 2.45) is 0 Å². The molecule has 10 nitrogen and oxygen atoms in total. The van der Waals surface area contributed by atoms with Gasteiger partial charge in [-0.15, -0.1) is 11.3 Å². The molecule has 44 heavy (non-hydrogen) atoms. The van der Waals surface area contributed by atoms with Gasteiger partial charge in [0.2, 0.25) is 0 Å². The van der Waals surface area contributed by atoms with Crippen LogP contribution in [-0.2, 0) is 17.9 Å². The molecule has 0 spiro atoms. The number of fused-ring (bicyclic) bond motifs is 1. The highest BCUT2D eigenvalue weighted by Crippen LogP contribution is 2.46. The van der Waals surface area contributed by atoms with Crippen molar-refractivity contribution in [3.05, 3.63) is 49.0 Å². The zero-order valence-corrected chi connectivity index (χ0v) is 29.0. The molecule has 238 valence electrons. The van der Waals surface area contributed by atoms with Crippen LogP contribution in [0, 0.1) is 0 Å². The average Bonchev–Trinajstić information content (AvgIpc) is 3.47. The van der Waals surface area contributed by atoms with Gasteiger partial charge in [0.05, 0.1) is 25.2 Å². The zero-order valence-electron chi connectivity index (χ0n) is 25.1. The molecule has 6 rings (SSSR count). The van der Waals surface area contributed by atoms with Gasteiger partial charge in [0, 0.05) is 89.6 Å². The Balaban J connectivity index is 1.35. The molecule has 3 atom stereocenters. The fourth-order valence-electron chi connectivity index (χ4n) is 8.05. The highest BCUT2D eigenvalue weighted by molar-refractivity contribution is 9.13. The smallest absolute Gasteiger partial charge is 0.322 e. The molecule has 0 radical (unpaired) electrons. The Labute approximate surface area is 279 Å². The van der Waals surface area contributed by atoms with Crippen LogP contribution in [0.1, 0.15) is 43.2 Å². The molecular weight excluding hydrogens is 712 g/mol. The molecule has 3 fully saturated rings. The van der Waals surface area contributed by atoms with Crippen LogP contribution < -0.4 is 10.4 Å². The molecule has 2 aromatic rings. The first-order valence-corrected chi connectivity index (χ1v) is 18.0. The lowest BCUT2D eigenvalue weighted by Crippen LogP contribution is -2.80. The second-order valence-corrected chi connectivity index (χ2v) is 15.2. The first-order chi connectivity index (χ1) is 21.2. The number of amides is 3. The van der Waals surface area contributed by atoms with Crippen LogP contribution in [0.15, 0.2) is 37.9 Å². The van der Waals surface area contributed by atoms with Crippen LogP contribution in [-0.4, -0.2) is 113 Å². The average molecular weight is 753 g/mol. The summed E-state index contributed by atoms with van der Waals surface area (Å²) in [7, 11) is 2.16. The van der Waals surface area contributed by atoms with Gasteiger partial charge in [-0.25, -0.2) is 4.79 Å². The number of piperidine rings is 2. The van der Waals surface area contributed by atoms with E-state index < -0.39 is 11.8 Å². The van der Waals surface area contributed by atoms with Crippen molar-refractivity contribution in [2.75, 3.05) is 58.2 Å². The van der Waals surface area contributed by atoms with E-state index in [4.69, 9.17) is 0 Å². The lowest BCUT2D eigenvalue weighted by Gasteiger charge is -2.62. The molecule has 1 N–H and O–H groups in total. The fraction of sp³-hybridized carbons (Fsp3) is 0.581. The summed E-state index contributed by atoms with van der Waals surface area (Å²) >= 11 is 8.67. The number of quaternary nitrogens is 1. The van der Waals surface area contributed by atoms with Gasteiger partial charge in [-0.1, -0.05) is 6.07 Å². The maximum absolute atomic E-state index is 13.6. The number of carbonyl (C=O) groups excluding carboxylic acids is 3. The number of carboxylic acid groups (broad SMARTS) is 1. The summed E-state index contributed by atoms with van der Waals surface area (Å²) in [5.74, 6) is 0. The number of benzene rings is 1. The van der Waals surface area contributed by atoms with Crippen molar-refractivity contribution in [3.63, 3.8) is 0 Å². The van der Waals surface area contributed by atoms with Gasteiger partial charge in [-0.05, 0) is 69.3 Å². The first-order valence-electron chi connectivity index (χ1n) is 15.4. The molecule has 2 unspecified atom stereocenters. The van der Waals surface area contributed by atoms with E-state index in [1.54, 1.807) is 11.3 Å². The minimum Gasteiger partial charge on any atom is -0.498 e. The predicted octanol–water partition coefficient (Wildman–Crippen LogP) is 4.14. The molecule has 1 aromatic carbocycles. The van der Waals surface area contributed by atoms with Gasteiger partial charge >= 0.3 is 6.03 Å². The van der Waals surface area contributed by atoms with E-state index >= 15 is 0 Å². The summed E-state index contributed by atoms with van der Waals surface area (Å²) in [4.78, 5) is 48.7. The van der Waals surface area contributed by atoms with Crippen molar-refractivity contribution >= 4 is 67.3 Å². The van der Waals surface area contributed by atoms with Gasteiger partial charge in [-0.2, -0.15) is 0 Å². The number of carbonyl (C=O) groups is 3. The maximum atomic E-state index is 13.6. The molecule has 5 heterocycles. The van der Waals surface area contributed by atoms with E-state index in [9.17, 15) is 19.5 Å². The van der Waals surface area contributed by atoms with Crippen LogP contribution in [0.5, 0.6) is 0 Å². The van der Waals surface area contributed by atoms with Crippen LogP contribution in [0.2, 0.25) is 0 Å². The summed E-state index contributed by atoms with van der Waals surface area (Å²) in [6, 6.07) is 5.84. The van der Waals surface area contributed by atoms with E-state index in [1.807, 2.05) is 28.5 Å².